The van der Waals surface area contributed by atoms with Crippen molar-refractivity contribution in [3.8, 4) is 0 Å². The fraction of sp³-hybridized carbons (Fsp3) is 0.920. The summed E-state index contributed by atoms with van der Waals surface area (Å²) in [5.41, 5.74) is 0. The molecule has 3 N–H and O–H groups in total. The second-order valence-corrected chi connectivity index (χ2v) is 8.74. The van der Waals surface area contributed by atoms with Crippen molar-refractivity contribution < 1.29 is 24.8 Å². The van der Waals surface area contributed by atoms with Gasteiger partial charge >= 0.3 is 0 Å². The molecule has 1 aliphatic rings. The standard InChI is InChI=1S/C25H48O5/c1-2-3-4-5-6-7-8-9-10-11-12-13-14-15-16-17-18-19-29-25-22(27)21-30-23(20-26)24(25)28/h13-14,22-28H,2-12,15-21H2,1H3/b14-13+/t22-,23+,24+,25+/m0/s1. The highest BCUT2D eigenvalue weighted by molar-refractivity contribution is 4.87. The summed E-state index contributed by atoms with van der Waals surface area (Å²) in [6, 6.07) is 0. The van der Waals surface area contributed by atoms with Gasteiger partial charge in [-0.1, -0.05) is 83.3 Å². The van der Waals surface area contributed by atoms with Gasteiger partial charge in [0.1, 0.15) is 24.4 Å². The Morgan fingerprint density at radius 2 is 1.33 bits per heavy atom. The van der Waals surface area contributed by atoms with Gasteiger partial charge in [-0.3, -0.25) is 0 Å². The third-order valence-electron chi connectivity index (χ3n) is 5.97. The van der Waals surface area contributed by atoms with E-state index in [1.165, 1.54) is 70.6 Å². The number of aliphatic hydroxyl groups is 3. The van der Waals surface area contributed by atoms with Crippen molar-refractivity contribution in [2.45, 2.75) is 128 Å². The summed E-state index contributed by atoms with van der Waals surface area (Å²) >= 11 is 0. The minimum atomic E-state index is -0.979. The zero-order valence-corrected chi connectivity index (χ0v) is 19.4. The molecule has 1 fully saturated rings. The molecule has 0 amide bonds. The molecule has 0 radical (unpaired) electrons. The predicted octanol–water partition coefficient (Wildman–Crippen LogP) is 4.91. The Bertz CT molecular complexity index is 401. The van der Waals surface area contributed by atoms with E-state index in [0.717, 1.165) is 25.7 Å². The summed E-state index contributed by atoms with van der Waals surface area (Å²) in [4.78, 5) is 0. The van der Waals surface area contributed by atoms with E-state index < -0.39 is 24.4 Å². The van der Waals surface area contributed by atoms with Gasteiger partial charge < -0.3 is 24.8 Å². The predicted molar refractivity (Wildman–Crippen MR) is 123 cm³/mol. The van der Waals surface area contributed by atoms with E-state index in [2.05, 4.69) is 19.1 Å². The first-order valence-corrected chi connectivity index (χ1v) is 12.6. The average Bonchev–Trinajstić information content (AvgIpc) is 2.75. The summed E-state index contributed by atoms with van der Waals surface area (Å²) in [7, 11) is 0. The van der Waals surface area contributed by atoms with Crippen molar-refractivity contribution in [1.82, 2.24) is 0 Å². The van der Waals surface area contributed by atoms with Crippen LogP contribution in [0.2, 0.25) is 0 Å². The van der Waals surface area contributed by atoms with Crippen molar-refractivity contribution >= 4 is 0 Å². The Balaban J connectivity index is 1.86. The van der Waals surface area contributed by atoms with Crippen molar-refractivity contribution in [2.75, 3.05) is 19.8 Å². The SMILES string of the molecule is CCCCCCCCCCCC/C=C/CCCCCO[C@H]1[C@H](O)[C@@H](CO)OC[C@@H]1O. The first kappa shape index (κ1) is 27.6. The monoisotopic (exact) mass is 428 g/mol. The maximum atomic E-state index is 10.1. The van der Waals surface area contributed by atoms with Gasteiger partial charge in [0.05, 0.1) is 13.2 Å². The molecule has 1 saturated heterocycles. The van der Waals surface area contributed by atoms with Crippen molar-refractivity contribution in [2.24, 2.45) is 0 Å². The van der Waals surface area contributed by atoms with Gasteiger partial charge in [0.15, 0.2) is 0 Å². The molecule has 1 rings (SSSR count). The maximum Gasteiger partial charge on any atom is 0.114 e. The Kier molecular flexibility index (Phi) is 17.7. The summed E-state index contributed by atoms with van der Waals surface area (Å²) in [5.74, 6) is 0. The molecule has 178 valence electrons. The highest BCUT2D eigenvalue weighted by atomic mass is 16.6. The molecular weight excluding hydrogens is 380 g/mol. The summed E-state index contributed by atoms with van der Waals surface area (Å²) in [6.07, 6.45) is 20.8. The van der Waals surface area contributed by atoms with Crippen LogP contribution in [0.4, 0.5) is 0 Å². The third kappa shape index (κ3) is 13.1. The van der Waals surface area contributed by atoms with Gasteiger partial charge in [0.2, 0.25) is 0 Å². The number of rotatable bonds is 19. The highest BCUT2D eigenvalue weighted by Crippen LogP contribution is 2.19. The lowest BCUT2D eigenvalue weighted by Gasteiger charge is -2.37. The molecule has 0 spiro atoms. The fourth-order valence-electron chi connectivity index (χ4n) is 3.97. The minimum Gasteiger partial charge on any atom is -0.394 e. The zero-order valence-electron chi connectivity index (χ0n) is 19.4. The third-order valence-corrected chi connectivity index (χ3v) is 5.97. The average molecular weight is 429 g/mol. The van der Waals surface area contributed by atoms with Crippen LogP contribution in [-0.4, -0.2) is 59.6 Å². The van der Waals surface area contributed by atoms with Crippen LogP contribution in [0.25, 0.3) is 0 Å². The minimum absolute atomic E-state index is 0.0940. The first-order valence-electron chi connectivity index (χ1n) is 12.6. The normalized spacial score (nSPS) is 24.7. The lowest BCUT2D eigenvalue weighted by Crippen LogP contribution is -2.55. The van der Waals surface area contributed by atoms with Crippen LogP contribution < -0.4 is 0 Å². The highest BCUT2D eigenvalue weighted by Gasteiger charge is 2.38. The second kappa shape index (κ2) is 19.2. The molecule has 0 aromatic carbocycles. The topological polar surface area (TPSA) is 79.2 Å². The lowest BCUT2D eigenvalue weighted by atomic mass is 10.0. The van der Waals surface area contributed by atoms with E-state index in [1.54, 1.807) is 0 Å². The Hall–Kier alpha value is -0.460. The lowest BCUT2D eigenvalue weighted by molar-refractivity contribution is -0.210. The van der Waals surface area contributed by atoms with E-state index in [1.807, 2.05) is 0 Å². The number of unbranched alkanes of at least 4 members (excludes halogenated alkanes) is 13. The molecule has 5 nitrogen and oxygen atoms in total. The Labute approximate surface area is 184 Å². The van der Waals surface area contributed by atoms with E-state index in [4.69, 9.17) is 14.6 Å². The van der Waals surface area contributed by atoms with Crippen molar-refractivity contribution in [3.05, 3.63) is 12.2 Å². The maximum absolute atomic E-state index is 10.1. The van der Waals surface area contributed by atoms with Gasteiger partial charge in [-0.15, -0.1) is 0 Å². The van der Waals surface area contributed by atoms with Gasteiger partial charge in [-0.05, 0) is 32.1 Å². The molecular formula is C25H48O5. The summed E-state index contributed by atoms with van der Waals surface area (Å²) in [6.45, 7) is 2.61. The van der Waals surface area contributed by atoms with Gasteiger partial charge in [0.25, 0.3) is 0 Å². The fourth-order valence-corrected chi connectivity index (χ4v) is 3.97. The smallest absolute Gasteiger partial charge is 0.114 e. The molecule has 0 aromatic heterocycles. The van der Waals surface area contributed by atoms with Gasteiger partial charge in [-0.25, -0.2) is 0 Å². The van der Waals surface area contributed by atoms with Crippen molar-refractivity contribution in [1.29, 1.82) is 0 Å². The molecule has 1 aliphatic heterocycles. The van der Waals surface area contributed by atoms with Crippen LogP contribution in [0.15, 0.2) is 12.2 Å². The van der Waals surface area contributed by atoms with Crippen LogP contribution >= 0.6 is 0 Å². The molecule has 30 heavy (non-hydrogen) atoms. The van der Waals surface area contributed by atoms with E-state index in [-0.39, 0.29) is 13.2 Å². The van der Waals surface area contributed by atoms with Crippen LogP contribution in [-0.2, 0) is 9.47 Å². The number of hydrogen-bond donors (Lipinski definition) is 3. The molecule has 5 heteroatoms. The summed E-state index contributed by atoms with van der Waals surface area (Å²) in [5, 5.41) is 29.1. The molecule has 1 heterocycles. The number of aliphatic hydroxyl groups excluding tert-OH is 3. The molecule has 0 aromatic rings. The van der Waals surface area contributed by atoms with E-state index in [0.29, 0.717) is 6.61 Å². The number of ether oxygens (including phenoxy) is 2. The summed E-state index contributed by atoms with van der Waals surface area (Å²) < 4.78 is 10.8. The Morgan fingerprint density at radius 1 is 0.800 bits per heavy atom. The molecule has 4 atom stereocenters. The number of allylic oxidation sites excluding steroid dienone is 2. The zero-order chi connectivity index (χ0) is 21.9. The molecule has 0 bridgehead atoms. The van der Waals surface area contributed by atoms with Crippen LogP contribution in [0.5, 0.6) is 0 Å². The number of hydrogen-bond acceptors (Lipinski definition) is 5. The molecule has 0 aliphatic carbocycles. The molecule has 0 unspecified atom stereocenters. The van der Waals surface area contributed by atoms with Crippen LogP contribution in [0, 0.1) is 0 Å². The Morgan fingerprint density at radius 3 is 1.90 bits per heavy atom. The second-order valence-electron chi connectivity index (χ2n) is 8.74. The van der Waals surface area contributed by atoms with Crippen LogP contribution in [0.1, 0.15) is 103 Å². The van der Waals surface area contributed by atoms with Crippen molar-refractivity contribution in [3.63, 3.8) is 0 Å². The quantitative estimate of drug-likeness (QED) is 0.201. The van der Waals surface area contributed by atoms with E-state index >= 15 is 0 Å². The van der Waals surface area contributed by atoms with Gasteiger partial charge in [0, 0.05) is 6.61 Å². The largest absolute Gasteiger partial charge is 0.394 e. The first-order chi connectivity index (χ1) is 14.7. The van der Waals surface area contributed by atoms with Gasteiger partial charge in [-0.2, -0.15) is 0 Å². The molecule has 0 saturated carbocycles. The van der Waals surface area contributed by atoms with E-state index in [9.17, 15) is 10.2 Å². The van der Waals surface area contributed by atoms with Crippen LogP contribution in [0.3, 0.4) is 0 Å².